The minimum Gasteiger partial charge on any atom is -0.466 e. The SMILES string of the molecule is CCOC(=O)CCN(C)C(=O)c1ccc(NC(c2oc3ccc(C4CC4)cc3c2C)C(C)C)cc1. The molecule has 1 fully saturated rings. The Morgan fingerprint density at radius 2 is 1.86 bits per heavy atom. The van der Waals surface area contributed by atoms with Crippen molar-refractivity contribution in [3.05, 3.63) is 64.9 Å². The highest BCUT2D eigenvalue weighted by molar-refractivity contribution is 5.94. The lowest BCUT2D eigenvalue weighted by atomic mass is 9.97. The van der Waals surface area contributed by atoms with Gasteiger partial charge < -0.3 is 19.4 Å². The third-order valence-electron chi connectivity index (χ3n) is 6.75. The highest BCUT2D eigenvalue weighted by Gasteiger charge is 2.27. The highest BCUT2D eigenvalue weighted by atomic mass is 16.5. The van der Waals surface area contributed by atoms with Crippen LogP contribution in [0.1, 0.15) is 79.2 Å². The molecule has 6 nitrogen and oxygen atoms in total. The monoisotopic (exact) mass is 476 g/mol. The lowest BCUT2D eigenvalue weighted by molar-refractivity contribution is -0.143. The minimum absolute atomic E-state index is 0.000535. The minimum atomic E-state index is -0.295. The molecule has 3 aromatic rings. The summed E-state index contributed by atoms with van der Waals surface area (Å²) in [5.41, 5.74) is 5.03. The number of hydrogen-bond acceptors (Lipinski definition) is 5. The highest BCUT2D eigenvalue weighted by Crippen LogP contribution is 2.42. The molecule has 0 radical (unpaired) electrons. The summed E-state index contributed by atoms with van der Waals surface area (Å²) in [7, 11) is 1.70. The van der Waals surface area contributed by atoms with E-state index in [0.29, 0.717) is 30.6 Å². The van der Waals surface area contributed by atoms with Crippen LogP contribution in [0.3, 0.4) is 0 Å². The molecule has 0 saturated heterocycles. The number of amides is 1. The van der Waals surface area contributed by atoms with Gasteiger partial charge in [0.05, 0.1) is 19.1 Å². The maximum Gasteiger partial charge on any atom is 0.307 e. The number of fused-ring (bicyclic) bond motifs is 1. The molecule has 0 aliphatic heterocycles. The molecule has 1 amide bonds. The van der Waals surface area contributed by atoms with Gasteiger partial charge in [-0.1, -0.05) is 19.9 Å². The van der Waals surface area contributed by atoms with Gasteiger partial charge in [0, 0.05) is 35.8 Å². The number of aryl methyl sites for hydroxylation is 1. The quantitative estimate of drug-likeness (QED) is 0.340. The van der Waals surface area contributed by atoms with E-state index in [-0.39, 0.29) is 24.3 Å². The van der Waals surface area contributed by atoms with Crippen molar-refractivity contribution in [3.8, 4) is 0 Å². The third-order valence-corrected chi connectivity index (χ3v) is 6.75. The number of furan rings is 1. The van der Waals surface area contributed by atoms with E-state index >= 15 is 0 Å². The molecule has 1 aromatic heterocycles. The van der Waals surface area contributed by atoms with Gasteiger partial charge >= 0.3 is 5.97 Å². The van der Waals surface area contributed by atoms with E-state index in [2.05, 4.69) is 44.3 Å². The fourth-order valence-electron chi connectivity index (χ4n) is 4.46. The second-order valence-corrected chi connectivity index (χ2v) is 9.85. The van der Waals surface area contributed by atoms with Crippen molar-refractivity contribution in [2.45, 2.75) is 58.9 Å². The summed E-state index contributed by atoms with van der Waals surface area (Å²) in [5, 5.41) is 4.81. The molecule has 35 heavy (non-hydrogen) atoms. The first kappa shape index (κ1) is 24.8. The van der Waals surface area contributed by atoms with Crippen LogP contribution < -0.4 is 5.32 Å². The van der Waals surface area contributed by atoms with Crippen LogP contribution in [0, 0.1) is 12.8 Å². The maximum atomic E-state index is 12.7. The molecule has 1 N–H and O–H groups in total. The van der Waals surface area contributed by atoms with Gasteiger partial charge in [0.1, 0.15) is 11.3 Å². The van der Waals surface area contributed by atoms with Crippen molar-refractivity contribution in [3.63, 3.8) is 0 Å². The Morgan fingerprint density at radius 1 is 1.14 bits per heavy atom. The molecule has 1 aliphatic carbocycles. The average molecular weight is 477 g/mol. The van der Waals surface area contributed by atoms with E-state index in [1.54, 1.807) is 18.9 Å². The Hall–Kier alpha value is -3.28. The molecule has 2 aromatic carbocycles. The van der Waals surface area contributed by atoms with Crippen molar-refractivity contribution in [1.82, 2.24) is 4.90 Å². The Kier molecular flexibility index (Phi) is 7.48. The molecule has 1 unspecified atom stereocenters. The summed E-state index contributed by atoms with van der Waals surface area (Å²) in [6.07, 6.45) is 2.75. The molecule has 1 atom stereocenters. The average Bonchev–Trinajstić information content (AvgIpc) is 3.65. The van der Waals surface area contributed by atoms with Crippen molar-refractivity contribution < 1.29 is 18.7 Å². The number of carbonyl (C=O) groups is 2. The van der Waals surface area contributed by atoms with E-state index in [9.17, 15) is 9.59 Å². The molecule has 6 heteroatoms. The molecule has 1 saturated carbocycles. The van der Waals surface area contributed by atoms with Gasteiger partial charge in [0.15, 0.2) is 0 Å². The van der Waals surface area contributed by atoms with Crippen LogP contribution in [0.4, 0.5) is 5.69 Å². The molecule has 186 valence electrons. The number of benzene rings is 2. The first-order chi connectivity index (χ1) is 16.8. The third kappa shape index (κ3) is 5.69. The Bertz CT molecular complexity index is 1190. The number of nitrogens with one attached hydrogen (secondary N) is 1. The number of esters is 1. The molecule has 1 heterocycles. The zero-order valence-corrected chi connectivity index (χ0v) is 21.4. The van der Waals surface area contributed by atoms with Crippen LogP contribution in [-0.2, 0) is 9.53 Å². The Morgan fingerprint density at radius 3 is 2.49 bits per heavy atom. The summed E-state index contributed by atoms with van der Waals surface area (Å²) in [5.74, 6) is 1.55. The lowest BCUT2D eigenvalue weighted by Crippen LogP contribution is -2.29. The lowest BCUT2D eigenvalue weighted by Gasteiger charge is -2.23. The number of carbonyl (C=O) groups excluding carboxylic acids is 2. The topological polar surface area (TPSA) is 71.8 Å². The zero-order chi connectivity index (χ0) is 25.1. The predicted octanol–water partition coefficient (Wildman–Crippen LogP) is 6.45. The van der Waals surface area contributed by atoms with Crippen LogP contribution in [0.25, 0.3) is 11.0 Å². The number of anilines is 1. The number of rotatable bonds is 10. The summed E-state index contributed by atoms with van der Waals surface area (Å²) >= 11 is 0. The summed E-state index contributed by atoms with van der Waals surface area (Å²) in [6, 6.07) is 14.1. The van der Waals surface area contributed by atoms with Gasteiger partial charge in [-0.2, -0.15) is 0 Å². The predicted molar refractivity (Wildman–Crippen MR) is 139 cm³/mol. The normalized spacial score (nSPS) is 14.2. The Balaban J connectivity index is 1.47. The molecule has 0 spiro atoms. The van der Waals surface area contributed by atoms with E-state index in [1.807, 2.05) is 24.3 Å². The summed E-state index contributed by atoms with van der Waals surface area (Å²) in [4.78, 5) is 25.9. The molecule has 1 aliphatic rings. The zero-order valence-electron chi connectivity index (χ0n) is 21.4. The Labute approximate surface area is 207 Å². The molecule has 4 rings (SSSR count). The van der Waals surface area contributed by atoms with Gasteiger partial charge in [-0.15, -0.1) is 0 Å². The van der Waals surface area contributed by atoms with Gasteiger partial charge in [-0.3, -0.25) is 9.59 Å². The summed E-state index contributed by atoms with van der Waals surface area (Å²) < 4.78 is 11.3. The number of nitrogens with zero attached hydrogens (tertiary/aromatic N) is 1. The standard InChI is InChI=1S/C29H36N2O4/c1-6-34-26(32)15-16-31(5)29(33)21-9-12-23(13-10-21)30-27(18(2)3)28-19(4)24-17-22(20-7-8-20)11-14-25(24)35-28/h9-14,17-18,20,27,30H,6-8,15-16H2,1-5H3. The number of ether oxygens (including phenoxy) is 1. The van der Waals surface area contributed by atoms with Crippen LogP contribution in [-0.4, -0.2) is 37.0 Å². The van der Waals surface area contributed by atoms with Crippen molar-refractivity contribution in [1.29, 1.82) is 0 Å². The van der Waals surface area contributed by atoms with Crippen LogP contribution >= 0.6 is 0 Å². The van der Waals surface area contributed by atoms with Crippen LogP contribution in [0.5, 0.6) is 0 Å². The smallest absolute Gasteiger partial charge is 0.307 e. The van der Waals surface area contributed by atoms with Gasteiger partial charge in [0.25, 0.3) is 5.91 Å². The molecule has 0 bridgehead atoms. The van der Waals surface area contributed by atoms with Gasteiger partial charge in [0.2, 0.25) is 0 Å². The number of hydrogen-bond donors (Lipinski definition) is 1. The molecular weight excluding hydrogens is 440 g/mol. The summed E-state index contributed by atoms with van der Waals surface area (Å²) in [6.45, 7) is 8.93. The fraction of sp³-hybridized carbons (Fsp3) is 0.448. The van der Waals surface area contributed by atoms with Crippen LogP contribution in [0.15, 0.2) is 46.9 Å². The maximum absolute atomic E-state index is 12.7. The molecular formula is C29H36N2O4. The fourth-order valence-corrected chi connectivity index (χ4v) is 4.46. The first-order valence-corrected chi connectivity index (χ1v) is 12.6. The van der Waals surface area contributed by atoms with E-state index < -0.39 is 0 Å². The van der Waals surface area contributed by atoms with E-state index in [0.717, 1.165) is 17.0 Å². The van der Waals surface area contributed by atoms with Gasteiger partial charge in [-0.25, -0.2) is 0 Å². The van der Waals surface area contributed by atoms with Crippen molar-refractivity contribution in [2.75, 3.05) is 25.5 Å². The largest absolute Gasteiger partial charge is 0.466 e. The second kappa shape index (κ2) is 10.5. The van der Waals surface area contributed by atoms with Gasteiger partial charge in [-0.05, 0) is 80.5 Å². The van der Waals surface area contributed by atoms with E-state index in [4.69, 9.17) is 9.15 Å². The van der Waals surface area contributed by atoms with Crippen LogP contribution in [0.2, 0.25) is 0 Å². The first-order valence-electron chi connectivity index (χ1n) is 12.6. The van der Waals surface area contributed by atoms with Crippen molar-refractivity contribution in [2.24, 2.45) is 5.92 Å². The van der Waals surface area contributed by atoms with Crippen molar-refractivity contribution >= 4 is 28.5 Å². The second-order valence-electron chi connectivity index (χ2n) is 9.85. The van der Waals surface area contributed by atoms with E-state index in [1.165, 1.54) is 29.4 Å².